The van der Waals surface area contributed by atoms with E-state index in [1.165, 1.54) is 16.9 Å². The van der Waals surface area contributed by atoms with Gasteiger partial charge in [-0.15, -0.1) is 0 Å². The van der Waals surface area contributed by atoms with Gasteiger partial charge in [0.2, 0.25) is 0 Å². The normalized spacial score (nSPS) is 12.2. The van der Waals surface area contributed by atoms with Crippen LogP contribution in [0.3, 0.4) is 0 Å². The molecule has 0 saturated heterocycles. The fourth-order valence-corrected chi connectivity index (χ4v) is 4.76. The zero-order chi connectivity index (χ0) is 21.1. The van der Waals surface area contributed by atoms with Crippen molar-refractivity contribution in [3.05, 3.63) is 78.7 Å². The van der Waals surface area contributed by atoms with Crippen LogP contribution >= 0.6 is 23.5 Å². The molecule has 0 fully saturated rings. The van der Waals surface area contributed by atoms with Gasteiger partial charge in [0.05, 0.1) is 12.7 Å². The van der Waals surface area contributed by atoms with Gasteiger partial charge in [-0.25, -0.2) is 0 Å². The van der Waals surface area contributed by atoms with Crippen molar-refractivity contribution in [2.75, 3.05) is 42.8 Å². The van der Waals surface area contributed by atoms with E-state index in [0.29, 0.717) is 0 Å². The van der Waals surface area contributed by atoms with E-state index in [0.717, 1.165) is 69.2 Å². The fourth-order valence-electron chi connectivity index (χ4n) is 3.03. The summed E-state index contributed by atoms with van der Waals surface area (Å²) in [7, 11) is 0. The number of thioether (sulfide) groups is 2. The Bertz CT molecular complexity index is 621. The summed E-state index contributed by atoms with van der Waals surface area (Å²) in [5.41, 5.74) is 2.84. The van der Waals surface area contributed by atoms with Gasteiger partial charge in [-0.2, -0.15) is 23.5 Å². The average molecular weight is 446 g/mol. The lowest BCUT2D eigenvalue weighted by atomic mass is 10.2. The van der Waals surface area contributed by atoms with Crippen molar-refractivity contribution in [2.45, 2.75) is 38.2 Å². The minimum absolute atomic E-state index is 0.227. The van der Waals surface area contributed by atoms with Gasteiger partial charge >= 0.3 is 0 Å². The Kier molecular flexibility index (Phi) is 14.9. The molecule has 0 N–H and O–H groups in total. The van der Waals surface area contributed by atoms with Crippen molar-refractivity contribution in [1.82, 2.24) is 0 Å². The van der Waals surface area contributed by atoms with Gasteiger partial charge in [0.25, 0.3) is 0 Å². The predicted molar refractivity (Wildman–Crippen MR) is 135 cm³/mol. The van der Waals surface area contributed by atoms with Crippen LogP contribution in [0.15, 0.2) is 60.7 Å². The Labute approximate surface area is 192 Å². The monoisotopic (exact) mass is 445 g/mol. The van der Waals surface area contributed by atoms with Crippen LogP contribution in [-0.4, -0.2) is 48.9 Å². The summed E-state index contributed by atoms with van der Waals surface area (Å²) in [6.45, 7) is 6.44. The first kappa shape index (κ1) is 25.3. The second-order valence-corrected chi connectivity index (χ2v) is 9.68. The molecule has 0 spiro atoms. The minimum Gasteiger partial charge on any atom is -0.380 e. The van der Waals surface area contributed by atoms with Crippen LogP contribution in [0.1, 0.15) is 30.4 Å². The van der Waals surface area contributed by atoms with E-state index in [9.17, 15) is 0 Å². The van der Waals surface area contributed by atoms with Crippen LogP contribution in [0.4, 0.5) is 0 Å². The summed E-state index contributed by atoms with van der Waals surface area (Å²) < 4.78 is 11.8. The van der Waals surface area contributed by atoms with Gasteiger partial charge in [-0.1, -0.05) is 67.6 Å². The average Bonchev–Trinajstić information content (AvgIpc) is 2.80. The number of ether oxygens (including phenoxy) is 2. The van der Waals surface area contributed by atoms with Gasteiger partial charge in [-0.3, -0.25) is 0 Å². The number of rotatable bonds is 18. The molecule has 165 valence electrons. The van der Waals surface area contributed by atoms with Crippen LogP contribution in [0.25, 0.3) is 0 Å². The molecule has 1 radical (unpaired) electrons. The third-order valence-electron chi connectivity index (χ3n) is 4.82. The molecule has 0 saturated carbocycles. The fraction of sp³-hybridized carbons (Fsp3) is 0.500. The summed E-state index contributed by atoms with van der Waals surface area (Å²) in [6, 6.07) is 21.4. The molecule has 0 aliphatic rings. The molecule has 0 bridgehead atoms. The topological polar surface area (TPSA) is 18.5 Å². The molecule has 0 amide bonds. The van der Waals surface area contributed by atoms with Crippen molar-refractivity contribution in [1.29, 1.82) is 0 Å². The predicted octanol–water partition coefficient (Wildman–Crippen LogP) is 6.34. The third kappa shape index (κ3) is 12.7. The van der Waals surface area contributed by atoms with Crippen molar-refractivity contribution < 1.29 is 9.47 Å². The first-order chi connectivity index (χ1) is 14.9. The molecule has 0 aliphatic carbocycles. The summed E-state index contributed by atoms with van der Waals surface area (Å²) in [6.07, 6.45) is 5.37. The first-order valence-electron chi connectivity index (χ1n) is 11.1. The van der Waals surface area contributed by atoms with Crippen molar-refractivity contribution in [2.24, 2.45) is 0 Å². The molecular weight excluding hydrogens is 408 g/mol. The van der Waals surface area contributed by atoms with Crippen molar-refractivity contribution in [3.8, 4) is 0 Å². The largest absolute Gasteiger partial charge is 0.380 e. The van der Waals surface area contributed by atoms with E-state index in [2.05, 4.69) is 67.6 Å². The molecule has 2 nitrogen and oxygen atoms in total. The smallest absolute Gasteiger partial charge is 0.0597 e. The molecule has 0 heterocycles. The van der Waals surface area contributed by atoms with Gasteiger partial charge in [0.1, 0.15) is 0 Å². The highest BCUT2D eigenvalue weighted by Gasteiger charge is 2.06. The third-order valence-corrected chi connectivity index (χ3v) is 6.84. The van der Waals surface area contributed by atoms with Gasteiger partial charge in [-0.05, 0) is 60.5 Å². The summed E-state index contributed by atoms with van der Waals surface area (Å²) in [4.78, 5) is 0. The molecule has 0 aromatic heterocycles. The second-order valence-electron chi connectivity index (χ2n) is 7.23. The molecule has 1 atom stereocenters. The standard InChI is InChI=1S/C26H37O2S2/c1-2-26(28-17-9-20-29-21-15-24-10-5-3-6-11-24)14-18-27-19-23-30-22-16-25-12-7-4-8-13-25/h3-8,10-13,26H,1-2,9,14-23H2. The van der Waals surface area contributed by atoms with Crippen LogP contribution in [0.5, 0.6) is 0 Å². The Morgan fingerprint density at radius 3 is 1.90 bits per heavy atom. The van der Waals surface area contributed by atoms with E-state index >= 15 is 0 Å². The summed E-state index contributed by atoms with van der Waals surface area (Å²) in [5, 5.41) is 0. The zero-order valence-corrected chi connectivity index (χ0v) is 19.8. The Morgan fingerprint density at radius 2 is 1.30 bits per heavy atom. The number of benzene rings is 2. The SMILES string of the molecule is [CH2]CC(CCOCCSCCc1ccccc1)OCCCSCCc1ccccc1. The number of hydrogen-bond acceptors (Lipinski definition) is 4. The zero-order valence-electron chi connectivity index (χ0n) is 18.2. The number of aryl methyl sites for hydroxylation is 2. The first-order valence-corrected chi connectivity index (χ1v) is 13.4. The van der Waals surface area contributed by atoms with E-state index in [-0.39, 0.29) is 6.10 Å². The molecule has 30 heavy (non-hydrogen) atoms. The maximum Gasteiger partial charge on any atom is 0.0597 e. The Hall–Kier alpha value is -0.940. The van der Waals surface area contributed by atoms with Crippen molar-refractivity contribution >= 4 is 23.5 Å². The van der Waals surface area contributed by atoms with Crippen LogP contribution < -0.4 is 0 Å². The Balaban J connectivity index is 1.36. The highest BCUT2D eigenvalue weighted by molar-refractivity contribution is 7.99. The molecule has 2 aromatic rings. The van der Waals surface area contributed by atoms with E-state index in [1.54, 1.807) is 0 Å². The lowest BCUT2D eigenvalue weighted by molar-refractivity contribution is 0.0256. The molecule has 1 unspecified atom stereocenters. The molecule has 0 aliphatic heterocycles. The van der Waals surface area contributed by atoms with Crippen LogP contribution in [-0.2, 0) is 22.3 Å². The molecule has 2 aromatic carbocycles. The van der Waals surface area contributed by atoms with E-state index in [1.807, 2.05) is 23.5 Å². The van der Waals surface area contributed by atoms with Crippen LogP contribution in [0.2, 0.25) is 0 Å². The Morgan fingerprint density at radius 1 is 0.700 bits per heavy atom. The maximum absolute atomic E-state index is 5.99. The van der Waals surface area contributed by atoms with Gasteiger partial charge < -0.3 is 9.47 Å². The molecule has 4 heteroatoms. The van der Waals surface area contributed by atoms with Crippen LogP contribution in [0, 0.1) is 6.92 Å². The lowest BCUT2D eigenvalue weighted by Gasteiger charge is -2.16. The highest BCUT2D eigenvalue weighted by Crippen LogP contribution is 2.11. The van der Waals surface area contributed by atoms with E-state index in [4.69, 9.17) is 9.47 Å². The summed E-state index contributed by atoms with van der Waals surface area (Å²) in [5.74, 6) is 4.55. The maximum atomic E-state index is 5.99. The highest BCUT2D eigenvalue weighted by atomic mass is 32.2. The summed E-state index contributed by atoms with van der Waals surface area (Å²) >= 11 is 3.98. The second kappa shape index (κ2) is 17.7. The molecule has 2 rings (SSSR count). The molecular formula is C26H37O2S2. The van der Waals surface area contributed by atoms with Gasteiger partial charge in [0, 0.05) is 19.0 Å². The number of hydrogen-bond donors (Lipinski definition) is 0. The minimum atomic E-state index is 0.227. The lowest BCUT2D eigenvalue weighted by Crippen LogP contribution is -2.16. The van der Waals surface area contributed by atoms with Gasteiger partial charge in [0.15, 0.2) is 0 Å². The van der Waals surface area contributed by atoms with Crippen molar-refractivity contribution in [3.63, 3.8) is 0 Å². The van der Waals surface area contributed by atoms with E-state index < -0.39 is 0 Å². The quantitative estimate of drug-likeness (QED) is 0.249.